The van der Waals surface area contributed by atoms with Gasteiger partial charge in [-0.3, -0.25) is 0 Å². The van der Waals surface area contributed by atoms with Crippen molar-refractivity contribution in [2.24, 2.45) is 5.41 Å². The van der Waals surface area contributed by atoms with E-state index >= 15 is 0 Å². The first-order valence-corrected chi connectivity index (χ1v) is 5.22. The topological polar surface area (TPSA) is 64.3 Å². The van der Waals surface area contributed by atoms with Gasteiger partial charge in [0.1, 0.15) is 6.73 Å². The summed E-state index contributed by atoms with van der Waals surface area (Å²) in [5, 5.41) is 12.6. The van der Waals surface area contributed by atoms with Gasteiger partial charge in [-0.15, -0.1) is 0 Å². The first-order chi connectivity index (χ1) is 7.38. The smallest absolute Gasteiger partial charge is 0.338 e. The van der Waals surface area contributed by atoms with Crippen LogP contribution in [0.4, 0.5) is 0 Å². The molecular formula is C11H18N2O3. The number of rotatable bonds is 5. The van der Waals surface area contributed by atoms with Crippen molar-refractivity contribution in [3.05, 3.63) is 18.0 Å². The maximum absolute atomic E-state index is 10.6. The summed E-state index contributed by atoms with van der Waals surface area (Å²) in [6.45, 7) is 7.38. The highest BCUT2D eigenvalue weighted by Gasteiger charge is 2.10. The highest BCUT2D eigenvalue weighted by molar-refractivity contribution is 5.86. The zero-order valence-electron chi connectivity index (χ0n) is 9.93. The molecule has 5 heteroatoms. The number of carboxylic acids is 1. The van der Waals surface area contributed by atoms with Gasteiger partial charge in [0.05, 0.1) is 11.8 Å². The Labute approximate surface area is 95.0 Å². The Kier molecular flexibility index (Phi) is 4.06. The fourth-order valence-corrected chi connectivity index (χ4v) is 1.08. The molecule has 0 aliphatic heterocycles. The molecule has 1 heterocycles. The van der Waals surface area contributed by atoms with E-state index in [1.165, 1.54) is 17.1 Å². The van der Waals surface area contributed by atoms with Gasteiger partial charge in [-0.25, -0.2) is 9.48 Å². The van der Waals surface area contributed by atoms with Crippen LogP contribution in [0.2, 0.25) is 0 Å². The Morgan fingerprint density at radius 3 is 2.75 bits per heavy atom. The predicted octanol–water partition coefficient (Wildman–Crippen LogP) is 1.99. The number of aromatic carboxylic acids is 1. The first kappa shape index (κ1) is 12.7. The highest BCUT2D eigenvalue weighted by atomic mass is 16.5. The summed E-state index contributed by atoms with van der Waals surface area (Å²) < 4.78 is 6.87. The largest absolute Gasteiger partial charge is 0.478 e. The minimum atomic E-state index is -0.971. The number of carboxylic acid groups (broad SMARTS) is 1. The molecule has 0 radical (unpaired) electrons. The number of hydrogen-bond acceptors (Lipinski definition) is 3. The van der Waals surface area contributed by atoms with Gasteiger partial charge in [0, 0.05) is 12.8 Å². The van der Waals surface area contributed by atoms with Crippen LogP contribution in [0, 0.1) is 5.41 Å². The van der Waals surface area contributed by atoms with Gasteiger partial charge in [0.25, 0.3) is 0 Å². The Balaban J connectivity index is 2.30. The number of nitrogens with zero attached hydrogens (tertiary/aromatic N) is 2. The average Bonchev–Trinajstić information content (AvgIpc) is 2.59. The van der Waals surface area contributed by atoms with Gasteiger partial charge in [0.2, 0.25) is 0 Å². The molecule has 0 aliphatic carbocycles. The van der Waals surface area contributed by atoms with Crippen molar-refractivity contribution in [3.8, 4) is 0 Å². The maximum atomic E-state index is 10.6. The van der Waals surface area contributed by atoms with E-state index in [4.69, 9.17) is 9.84 Å². The van der Waals surface area contributed by atoms with E-state index in [-0.39, 0.29) is 11.0 Å². The molecule has 90 valence electrons. The monoisotopic (exact) mass is 226 g/mol. The summed E-state index contributed by atoms with van der Waals surface area (Å²) in [5.41, 5.74) is 0.426. The molecule has 0 unspecified atom stereocenters. The van der Waals surface area contributed by atoms with Crippen LogP contribution in [-0.2, 0) is 11.5 Å². The van der Waals surface area contributed by atoms with Crippen molar-refractivity contribution in [2.45, 2.75) is 33.9 Å². The van der Waals surface area contributed by atoms with Crippen molar-refractivity contribution in [2.75, 3.05) is 6.61 Å². The lowest BCUT2D eigenvalue weighted by molar-refractivity contribution is 0.0516. The molecule has 0 fully saturated rings. The van der Waals surface area contributed by atoms with E-state index in [1.807, 2.05) is 0 Å². The van der Waals surface area contributed by atoms with Gasteiger partial charge in [-0.2, -0.15) is 5.10 Å². The normalized spacial score (nSPS) is 11.7. The van der Waals surface area contributed by atoms with Crippen molar-refractivity contribution in [1.29, 1.82) is 0 Å². The second-order valence-corrected chi connectivity index (χ2v) is 4.92. The second kappa shape index (κ2) is 5.12. The predicted molar refractivity (Wildman–Crippen MR) is 59.2 cm³/mol. The van der Waals surface area contributed by atoms with Crippen LogP contribution in [0.3, 0.4) is 0 Å². The van der Waals surface area contributed by atoms with E-state index in [1.54, 1.807) is 0 Å². The summed E-state index contributed by atoms with van der Waals surface area (Å²) in [4.78, 5) is 10.6. The van der Waals surface area contributed by atoms with Gasteiger partial charge >= 0.3 is 5.97 Å². The van der Waals surface area contributed by atoms with E-state index in [0.29, 0.717) is 13.3 Å². The lowest BCUT2D eigenvalue weighted by Gasteiger charge is -2.17. The molecule has 0 aromatic carbocycles. The summed E-state index contributed by atoms with van der Waals surface area (Å²) in [6.07, 6.45) is 3.73. The number of aromatic nitrogens is 2. The van der Waals surface area contributed by atoms with Crippen molar-refractivity contribution < 1.29 is 14.6 Å². The van der Waals surface area contributed by atoms with Gasteiger partial charge in [0.15, 0.2) is 0 Å². The average molecular weight is 226 g/mol. The molecule has 1 rings (SSSR count). The van der Waals surface area contributed by atoms with Gasteiger partial charge < -0.3 is 9.84 Å². The van der Waals surface area contributed by atoms with E-state index in [9.17, 15) is 4.79 Å². The fourth-order valence-electron chi connectivity index (χ4n) is 1.08. The molecule has 0 aliphatic rings. The van der Waals surface area contributed by atoms with Crippen LogP contribution in [-0.4, -0.2) is 27.5 Å². The third-order valence-corrected chi connectivity index (χ3v) is 2.10. The van der Waals surface area contributed by atoms with E-state index in [2.05, 4.69) is 25.9 Å². The van der Waals surface area contributed by atoms with Crippen molar-refractivity contribution in [1.82, 2.24) is 9.78 Å². The highest BCUT2D eigenvalue weighted by Crippen LogP contribution is 2.17. The summed E-state index contributed by atoms with van der Waals surface area (Å²) in [6, 6.07) is 0. The zero-order valence-corrected chi connectivity index (χ0v) is 9.93. The first-order valence-electron chi connectivity index (χ1n) is 5.22. The molecule has 16 heavy (non-hydrogen) atoms. The minimum Gasteiger partial charge on any atom is -0.478 e. The number of hydrogen-bond donors (Lipinski definition) is 1. The third kappa shape index (κ3) is 4.44. The molecule has 1 aromatic rings. The van der Waals surface area contributed by atoms with Crippen molar-refractivity contribution in [3.63, 3.8) is 0 Å². The Morgan fingerprint density at radius 1 is 1.56 bits per heavy atom. The number of carbonyl (C=O) groups is 1. The molecule has 0 saturated heterocycles. The van der Waals surface area contributed by atoms with Crippen LogP contribution in [0.5, 0.6) is 0 Å². The molecule has 0 bridgehead atoms. The van der Waals surface area contributed by atoms with Crippen LogP contribution >= 0.6 is 0 Å². The Bertz CT molecular complexity index is 352. The lowest BCUT2D eigenvalue weighted by Crippen LogP contribution is -2.11. The SMILES string of the molecule is CC(C)(C)CCOCn1cc(C(=O)O)cn1. The molecule has 5 nitrogen and oxygen atoms in total. The zero-order chi connectivity index (χ0) is 12.2. The van der Waals surface area contributed by atoms with E-state index < -0.39 is 5.97 Å². The standard InChI is InChI=1S/C11H18N2O3/c1-11(2,3)4-5-16-8-13-7-9(6-12-13)10(14)15/h6-7H,4-5,8H2,1-3H3,(H,14,15). The molecule has 1 N–H and O–H groups in total. The van der Waals surface area contributed by atoms with E-state index in [0.717, 1.165) is 6.42 Å². The molecular weight excluding hydrogens is 208 g/mol. The molecule has 0 saturated carbocycles. The van der Waals surface area contributed by atoms with Crippen LogP contribution in [0.15, 0.2) is 12.4 Å². The Morgan fingerprint density at radius 2 is 2.25 bits per heavy atom. The van der Waals surface area contributed by atoms with Crippen molar-refractivity contribution >= 4 is 5.97 Å². The third-order valence-electron chi connectivity index (χ3n) is 2.10. The summed E-state index contributed by atoms with van der Waals surface area (Å²) in [7, 11) is 0. The fraction of sp³-hybridized carbons (Fsp3) is 0.636. The second-order valence-electron chi connectivity index (χ2n) is 4.92. The summed E-state index contributed by atoms with van der Waals surface area (Å²) in [5.74, 6) is -0.971. The Hall–Kier alpha value is -1.36. The van der Waals surface area contributed by atoms with Crippen LogP contribution in [0.1, 0.15) is 37.6 Å². The molecule has 0 amide bonds. The molecule has 1 aromatic heterocycles. The van der Waals surface area contributed by atoms with Crippen LogP contribution in [0.25, 0.3) is 0 Å². The molecule has 0 atom stereocenters. The minimum absolute atomic E-state index is 0.180. The molecule has 0 spiro atoms. The van der Waals surface area contributed by atoms with Gasteiger partial charge in [-0.1, -0.05) is 20.8 Å². The number of ether oxygens (including phenoxy) is 1. The summed E-state index contributed by atoms with van der Waals surface area (Å²) >= 11 is 0. The maximum Gasteiger partial charge on any atom is 0.338 e. The van der Waals surface area contributed by atoms with Crippen LogP contribution < -0.4 is 0 Å². The quantitative estimate of drug-likeness (QED) is 0.780. The lowest BCUT2D eigenvalue weighted by atomic mass is 9.93. The van der Waals surface area contributed by atoms with Gasteiger partial charge in [-0.05, 0) is 11.8 Å².